The molecule has 1 aliphatic heterocycles. The zero-order chi connectivity index (χ0) is 13.8. The van der Waals surface area contributed by atoms with Crippen LogP contribution in [0.1, 0.15) is 36.2 Å². The van der Waals surface area contributed by atoms with Crippen molar-refractivity contribution in [2.24, 2.45) is 0 Å². The minimum Gasteiger partial charge on any atom is -0.310 e. The van der Waals surface area contributed by atoms with Gasteiger partial charge >= 0.3 is 0 Å². The van der Waals surface area contributed by atoms with Crippen molar-refractivity contribution in [1.29, 1.82) is 0 Å². The molecular formula is C14H26N4S. The van der Waals surface area contributed by atoms with E-state index in [9.17, 15) is 0 Å². The lowest BCUT2D eigenvalue weighted by molar-refractivity contribution is 0.228. The molecule has 0 aromatic carbocycles. The Morgan fingerprint density at radius 1 is 1.42 bits per heavy atom. The molecule has 1 saturated heterocycles. The van der Waals surface area contributed by atoms with Crippen molar-refractivity contribution in [3.05, 3.63) is 16.1 Å². The summed E-state index contributed by atoms with van der Waals surface area (Å²) in [4.78, 5) is 10.9. The van der Waals surface area contributed by atoms with Crippen LogP contribution in [0.3, 0.4) is 0 Å². The molecule has 0 radical (unpaired) electrons. The van der Waals surface area contributed by atoms with Crippen molar-refractivity contribution in [2.45, 2.75) is 38.9 Å². The second-order valence-electron chi connectivity index (χ2n) is 5.81. The highest BCUT2D eigenvalue weighted by Gasteiger charge is 2.24. The summed E-state index contributed by atoms with van der Waals surface area (Å²) in [5, 5.41) is 4.72. The summed E-state index contributed by atoms with van der Waals surface area (Å²) in [6, 6.07) is 0.975. The fraction of sp³-hybridized carbons (Fsp3) is 0.786. The quantitative estimate of drug-likeness (QED) is 0.914. The SMILES string of the molecule is CC(C)NCc1cnc(C2CN(C)CCCN2C)s1. The Bertz CT molecular complexity index is 391. The van der Waals surface area contributed by atoms with E-state index in [1.54, 1.807) is 0 Å². The molecule has 1 aromatic rings. The molecule has 1 fully saturated rings. The van der Waals surface area contributed by atoms with Gasteiger partial charge in [0.15, 0.2) is 0 Å². The molecule has 2 heterocycles. The Balaban J connectivity index is 2.03. The van der Waals surface area contributed by atoms with Crippen molar-refractivity contribution in [3.63, 3.8) is 0 Å². The van der Waals surface area contributed by atoms with Gasteiger partial charge in [-0.1, -0.05) is 13.8 Å². The third-order valence-corrected chi connectivity index (χ3v) is 4.71. The highest BCUT2D eigenvalue weighted by atomic mass is 32.1. The van der Waals surface area contributed by atoms with E-state index in [2.05, 4.69) is 48.0 Å². The molecule has 5 heteroatoms. The highest BCUT2D eigenvalue weighted by molar-refractivity contribution is 7.11. The number of rotatable bonds is 4. The van der Waals surface area contributed by atoms with Gasteiger partial charge in [0.1, 0.15) is 5.01 Å². The third-order valence-electron chi connectivity index (χ3n) is 3.61. The summed E-state index contributed by atoms with van der Waals surface area (Å²) in [6.45, 7) is 8.72. The molecule has 0 aliphatic carbocycles. The van der Waals surface area contributed by atoms with E-state index in [-0.39, 0.29) is 0 Å². The largest absolute Gasteiger partial charge is 0.310 e. The van der Waals surface area contributed by atoms with Crippen molar-refractivity contribution >= 4 is 11.3 Å². The Morgan fingerprint density at radius 3 is 2.95 bits per heavy atom. The van der Waals surface area contributed by atoms with Gasteiger partial charge in [0.05, 0.1) is 6.04 Å². The van der Waals surface area contributed by atoms with Gasteiger partial charge in [-0.15, -0.1) is 11.3 Å². The van der Waals surface area contributed by atoms with Crippen LogP contribution in [0.25, 0.3) is 0 Å². The molecule has 0 bridgehead atoms. The first-order valence-corrected chi connectivity index (χ1v) is 7.94. The van der Waals surface area contributed by atoms with Gasteiger partial charge in [-0.2, -0.15) is 0 Å². The number of hydrogen-bond donors (Lipinski definition) is 1. The standard InChI is InChI=1S/C14H26N4S/c1-11(2)15-8-12-9-16-14(19-12)13-10-17(3)6-5-7-18(13)4/h9,11,13,15H,5-8,10H2,1-4H3. The van der Waals surface area contributed by atoms with Crippen LogP contribution in [0, 0.1) is 0 Å². The van der Waals surface area contributed by atoms with Crippen LogP contribution in [0.2, 0.25) is 0 Å². The average Bonchev–Trinajstić information content (AvgIpc) is 2.75. The van der Waals surface area contributed by atoms with Gasteiger partial charge < -0.3 is 10.2 Å². The summed E-state index contributed by atoms with van der Waals surface area (Å²) in [6.07, 6.45) is 3.28. The molecule has 0 spiro atoms. The molecule has 2 rings (SSSR count). The van der Waals surface area contributed by atoms with Gasteiger partial charge in [0.2, 0.25) is 0 Å². The normalized spacial score (nSPS) is 22.9. The Morgan fingerprint density at radius 2 is 2.21 bits per heavy atom. The minimum absolute atomic E-state index is 0.449. The van der Waals surface area contributed by atoms with Gasteiger partial charge in [-0.05, 0) is 33.6 Å². The third kappa shape index (κ3) is 4.24. The number of hydrogen-bond acceptors (Lipinski definition) is 5. The average molecular weight is 282 g/mol. The van der Waals surface area contributed by atoms with E-state index in [0.29, 0.717) is 12.1 Å². The first-order valence-electron chi connectivity index (χ1n) is 7.13. The summed E-state index contributed by atoms with van der Waals surface area (Å²) >= 11 is 1.85. The lowest BCUT2D eigenvalue weighted by Gasteiger charge is -2.25. The van der Waals surface area contributed by atoms with Crippen molar-refractivity contribution in [2.75, 3.05) is 33.7 Å². The molecule has 1 N–H and O–H groups in total. The first kappa shape index (κ1) is 14.9. The second-order valence-corrected chi connectivity index (χ2v) is 6.96. The lowest BCUT2D eigenvalue weighted by Crippen LogP contribution is -2.30. The van der Waals surface area contributed by atoms with E-state index >= 15 is 0 Å². The fourth-order valence-corrected chi connectivity index (χ4v) is 3.43. The zero-order valence-corrected chi connectivity index (χ0v) is 13.3. The maximum Gasteiger partial charge on any atom is 0.111 e. The predicted octanol–water partition coefficient (Wildman–Crippen LogP) is 1.95. The maximum atomic E-state index is 4.65. The van der Waals surface area contributed by atoms with E-state index in [4.69, 9.17) is 0 Å². The number of thiazole rings is 1. The van der Waals surface area contributed by atoms with Crippen LogP contribution < -0.4 is 5.32 Å². The van der Waals surface area contributed by atoms with Crippen molar-refractivity contribution in [1.82, 2.24) is 20.1 Å². The molecule has 1 aliphatic rings. The van der Waals surface area contributed by atoms with E-state index in [1.807, 2.05) is 17.5 Å². The number of nitrogens with one attached hydrogen (secondary N) is 1. The van der Waals surface area contributed by atoms with Gasteiger partial charge in [0, 0.05) is 30.2 Å². The smallest absolute Gasteiger partial charge is 0.111 e. The number of nitrogens with zero attached hydrogens (tertiary/aromatic N) is 3. The molecule has 0 amide bonds. The minimum atomic E-state index is 0.449. The van der Waals surface area contributed by atoms with Crippen LogP contribution in [-0.2, 0) is 6.54 Å². The Labute approximate surface area is 120 Å². The van der Waals surface area contributed by atoms with Gasteiger partial charge in [-0.25, -0.2) is 4.98 Å². The molecule has 1 unspecified atom stereocenters. The Kier molecular flexibility index (Phi) is 5.33. The topological polar surface area (TPSA) is 31.4 Å². The molecule has 1 atom stereocenters. The van der Waals surface area contributed by atoms with Crippen LogP contribution in [0.15, 0.2) is 6.20 Å². The van der Waals surface area contributed by atoms with E-state index in [1.165, 1.54) is 22.9 Å². The number of aromatic nitrogens is 1. The van der Waals surface area contributed by atoms with Crippen LogP contribution >= 0.6 is 11.3 Å². The molecule has 1 aromatic heterocycles. The van der Waals surface area contributed by atoms with Crippen LogP contribution in [0.4, 0.5) is 0 Å². The second kappa shape index (κ2) is 6.79. The predicted molar refractivity (Wildman–Crippen MR) is 81.6 cm³/mol. The van der Waals surface area contributed by atoms with Crippen LogP contribution in [0.5, 0.6) is 0 Å². The van der Waals surface area contributed by atoms with E-state index < -0.39 is 0 Å². The molecule has 108 valence electrons. The first-order chi connectivity index (χ1) is 9.06. The summed E-state index contributed by atoms with van der Waals surface area (Å²) in [5.41, 5.74) is 0. The van der Waals surface area contributed by atoms with Gasteiger partial charge in [-0.3, -0.25) is 4.90 Å². The van der Waals surface area contributed by atoms with E-state index in [0.717, 1.165) is 19.6 Å². The number of likely N-dealkylation sites (N-methyl/N-ethyl adjacent to an activating group) is 2. The zero-order valence-electron chi connectivity index (χ0n) is 12.5. The molecular weight excluding hydrogens is 256 g/mol. The summed E-state index contributed by atoms with van der Waals surface area (Å²) in [5.74, 6) is 0. The van der Waals surface area contributed by atoms with Crippen molar-refractivity contribution in [3.8, 4) is 0 Å². The summed E-state index contributed by atoms with van der Waals surface area (Å²) in [7, 11) is 4.43. The van der Waals surface area contributed by atoms with Crippen molar-refractivity contribution < 1.29 is 0 Å². The van der Waals surface area contributed by atoms with Crippen LogP contribution in [-0.4, -0.2) is 54.6 Å². The lowest BCUT2D eigenvalue weighted by atomic mass is 10.2. The monoisotopic (exact) mass is 282 g/mol. The Hall–Kier alpha value is -0.490. The van der Waals surface area contributed by atoms with Gasteiger partial charge in [0.25, 0.3) is 0 Å². The molecule has 19 heavy (non-hydrogen) atoms. The summed E-state index contributed by atoms with van der Waals surface area (Å²) < 4.78 is 0. The molecule has 4 nitrogen and oxygen atoms in total. The maximum absolute atomic E-state index is 4.65. The fourth-order valence-electron chi connectivity index (χ4n) is 2.40. The molecule has 0 saturated carbocycles. The highest BCUT2D eigenvalue weighted by Crippen LogP contribution is 2.27.